The van der Waals surface area contributed by atoms with Gasteiger partial charge in [-0.25, -0.2) is 12.7 Å². The third kappa shape index (κ3) is 4.55. The molecular weight excluding hydrogens is 372 g/mol. The first-order valence-corrected chi connectivity index (χ1v) is 9.59. The maximum absolute atomic E-state index is 12.7. The van der Waals surface area contributed by atoms with Crippen molar-refractivity contribution < 1.29 is 27.5 Å². The van der Waals surface area contributed by atoms with E-state index in [2.05, 4.69) is 5.32 Å². The van der Waals surface area contributed by atoms with Crippen LogP contribution in [0, 0.1) is 13.8 Å². The van der Waals surface area contributed by atoms with E-state index in [0.717, 1.165) is 15.9 Å². The van der Waals surface area contributed by atoms with E-state index in [0.29, 0.717) is 5.56 Å². The topological polar surface area (TPSA) is 117 Å². The molecule has 0 radical (unpaired) electrons. The van der Waals surface area contributed by atoms with Gasteiger partial charge >= 0.3 is 5.97 Å². The van der Waals surface area contributed by atoms with Gasteiger partial charge in [0.1, 0.15) is 5.76 Å². The second-order valence-corrected chi connectivity index (χ2v) is 8.39. The standard InChI is InChI=1S/C18H22N2O6S/c1-11-7-5-6-8-13(11)15(10-16(21)22)19-18(23)14-9-17(26-12(14)2)27(24,25)20(3)4/h5-9,15H,10H2,1-4H3,(H,19,23)(H,21,22)/t15-/m0/s1. The van der Waals surface area contributed by atoms with Gasteiger partial charge in [-0.2, -0.15) is 0 Å². The lowest BCUT2D eigenvalue weighted by Gasteiger charge is -2.19. The summed E-state index contributed by atoms with van der Waals surface area (Å²) in [5, 5.41) is 11.5. The summed E-state index contributed by atoms with van der Waals surface area (Å²) < 4.78 is 30.6. The third-order valence-electron chi connectivity index (χ3n) is 4.12. The zero-order valence-corrected chi connectivity index (χ0v) is 16.3. The second-order valence-electron chi connectivity index (χ2n) is 6.30. The van der Waals surface area contributed by atoms with Crippen LogP contribution in [-0.2, 0) is 14.8 Å². The summed E-state index contributed by atoms with van der Waals surface area (Å²) in [4.78, 5) is 23.9. The number of nitrogens with one attached hydrogen (secondary N) is 1. The maximum atomic E-state index is 12.7. The molecule has 27 heavy (non-hydrogen) atoms. The highest BCUT2D eigenvalue weighted by Crippen LogP contribution is 2.24. The number of carbonyl (C=O) groups is 2. The van der Waals surface area contributed by atoms with Gasteiger partial charge in [-0.1, -0.05) is 24.3 Å². The SMILES string of the molecule is Cc1ccccc1[C@H](CC(=O)O)NC(=O)c1cc(S(=O)(=O)N(C)C)oc1C. The smallest absolute Gasteiger partial charge is 0.305 e. The number of carboxylic acid groups (broad SMARTS) is 1. The van der Waals surface area contributed by atoms with Crippen LogP contribution in [0.25, 0.3) is 0 Å². The zero-order valence-electron chi connectivity index (χ0n) is 15.5. The van der Waals surface area contributed by atoms with Crippen molar-refractivity contribution >= 4 is 21.9 Å². The van der Waals surface area contributed by atoms with Crippen molar-refractivity contribution in [2.45, 2.75) is 31.4 Å². The van der Waals surface area contributed by atoms with Gasteiger partial charge in [0.25, 0.3) is 15.9 Å². The molecule has 0 fully saturated rings. The molecule has 0 unspecified atom stereocenters. The Bertz CT molecular complexity index is 962. The highest BCUT2D eigenvalue weighted by Gasteiger charge is 2.27. The highest BCUT2D eigenvalue weighted by molar-refractivity contribution is 7.88. The first-order valence-electron chi connectivity index (χ1n) is 8.15. The van der Waals surface area contributed by atoms with E-state index >= 15 is 0 Å². The van der Waals surface area contributed by atoms with Gasteiger partial charge < -0.3 is 14.8 Å². The van der Waals surface area contributed by atoms with Crippen LogP contribution in [0.1, 0.15) is 39.7 Å². The van der Waals surface area contributed by atoms with E-state index in [1.54, 1.807) is 12.1 Å². The van der Waals surface area contributed by atoms with Crippen LogP contribution in [0.3, 0.4) is 0 Å². The average Bonchev–Trinajstić information content (AvgIpc) is 2.96. The number of sulfonamides is 1. The number of aliphatic carboxylic acids is 1. The summed E-state index contributed by atoms with van der Waals surface area (Å²) in [7, 11) is -1.12. The van der Waals surface area contributed by atoms with Crippen LogP contribution in [-0.4, -0.2) is 43.8 Å². The van der Waals surface area contributed by atoms with Crippen molar-refractivity contribution in [2.24, 2.45) is 0 Å². The summed E-state index contributed by atoms with van der Waals surface area (Å²) in [6.07, 6.45) is -0.309. The minimum atomic E-state index is -3.83. The van der Waals surface area contributed by atoms with Gasteiger partial charge in [0, 0.05) is 20.2 Å². The Hall–Kier alpha value is -2.65. The fourth-order valence-corrected chi connectivity index (χ4v) is 3.47. The number of amides is 1. The number of furan rings is 1. The molecule has 146 valence electrons. The average molecular weight is 394 g/mol. The van der Waals surface area contributed by atoms with Gasteiger partial charge in [-0.05, 0) is 25.0 Å². The first-order chi connectivity index (χ1) is 12.5. The monoisotopic (exact) mass is 394 g/mol. The van der Waals surface area contributed by atoms with Crippen LogP contribution in [0.4, 0.5) is 0 Å². The predicted molar refractivity (Wildman–Crippen MR) is 98.0 cm³/mol. The molecule has 0 aliphatic carbocycles. The van der Waals surface area contributed by atoms with E-state index in [9.17, 15) is 23.1 Å². The van der Waals surface area contributed by atoms with Crippen LogP contribution in [0.5, 0.6) is 0 Å². The molecule has 2 aromatic rings. The molecule has 1 atom stereocenters. The van der Waals surface area contributed by atoms with Crippen LogP contribution in [0.2, 0.25) is 0 Å². The molecule has 0 spiro atoms. The summed E-state index contributed by atoms with van der Waals surface area (Å²) in [6, 6.07) is 7.52. The van der Waals surface area contributed by atoms with Crippen molar-refractivity contribution in [3.8, 4) is 0 Å². The molecule has 9 heteroatoms. The predicted octanol–water partition coefficient (Wildman–Crippen LogP) is 2.09. The number of carboxylic acids is 1. The van der Waals surface area contributed by atoms with Crippen LogP contribution >= 0.6 is 0 Å². The van der Waals surface area contributed by atoms with Gasteiger partial charge in [-0.3, -0.25) is 9.59 Å². The van der Waals surface area contributed by atoms with E-state index in [-0.39, 0.29) is 22.8 Å². The Morgan fingerprint density at radius 3 is 2.41 bits per heavy atom. The minimum absolute atomic E-state index is 0.0411. The molecule has 1 amide bonds. The van der Waals surface area contributed by atoms with E-state index in [1.807, 2.05) is 19.1 Å². The molecule has 1 aromatic heterocycles. The summed E-state index contributed by atoms with van der Waals surface area (Å²) >= 11 is 0. The van der Waals surface area contributed by atoms with Gasteiger partial charge in [0.05, 0.1) is 18.0 Å². The van der Waals surface area contributed by atoms with E-state index in [1.165, 1.54) is 21.0 Å². The van der Waals surface area contributed by atoms with Crippen molar-refractivity contribution in [1.29, 1.82) is 0 Å². The Labute approximate surface area is 157 Å². The first kappa shape index (κ1) is 20.7. The zero-order chi connectivity index (χ0) is 20.4. The molecule has 2 rings (SSSR count). The van der Waals surface area contributed by atoms with Crippen molar-refractivity contribution in [2.75, 3.05) is 14.1 Å². The molecule has 1 heterocycles. The lowest BCUT2D eigenvalue weighted by Crippen LogP contribution is -2.30. The number of hydrogen-bond donors (Lipinski definition) is 2. The third-order valence-corrected chi connectivity index (χ3v) is 5.79. The molecule has 8 nitrogen and oxygen atoms in total. The van der Waals surface area contributed by atoms with Gasteiger partial charge in [0.15, 0.2) is 0 Å². The Kier molecular flexibility index (Phi) is 6.07. The number of benzene rings is 1. The summed E-state index contributed by atoms with van der Waals surface area (Å²) in [6.45, 7) is 3.30. The summed E-state index contributed by atoms with van der Waals surface area (Å²) in [5.41, 5.74) is 1.55. The van der Waals surface area contributed by atoms with Gasteiger partial charge in [0.2, 0.25) is 5.09 Å². The lowest BCUT2D eigenvalue weighted by molar-refractivity contribution is -0.137. The van der Waals surface area contributed by atoms with Gasteiger partial charge in [-0.15, -0.1) is 0 Å². The van der Waals surface area contributed by atoms with Crippen molar-refractivity contribution in [3.63, 3.8) is 0 Å². The molecular formula is C18H22N2O6S. The normalized spacial score (nSPS) is 12.8. The lowest BCUT2D eigenvalue weighted by atomic mass is 9.98. The fourth-order valence-electron chi connectivity index (χ4n) is 2.61. The molecule has 0 aliphatic heterocycles. The molecule has 0 saturated carbocycles. The Morgan fingerprint density at radius 2 is 1.85 bits per heavy atom. The molecule has 2 N–H and O–H groups in total. The number of rotatable bonds is 7. The molecule has 0 bridgehead atoms. The largest absolute Gasteiger partial charge is 0.481 e. The van der Waals surface area contributed by atoms with E-state index in [4.69, 9.17) is 4.42 Å². The molecule has 1 aromatic carbocycles. The summed E-state index contributed by atoms with van der Waals surface area (Å²) in [5.74, 6) is -1.54. The minimum Gasteiger partial charge on any atom is -0.481 e. The quantitative estimate of drug-likeness (QED) is 0.743. The van der Waals surface area contributed by atoms with E-state index < -0.39 is 27.9 Å². The number of aryl methyl sites for hydroxylation is 2. The molecule has 0 aliphatic rings. The van der Waals surface area contributed by atoms with Crippen molar-refractivity contribution in [1.82, 2.24) is 9.62 Å². The van der Waals surface area contributed by atoms with Crippen LogP contribution < -0.4 is 5.32 Å². The Balaban J connectivity index is 2.35. The number of carbonyl (C=O) groups excluding carboxylic acids is 1. The number of nitrogens with zero attached hydrogens (tertiary/aromatic N) is 1. The molecule has 0 saturated heterocycles. The highest BCUT2D eigenvalue weighted by atomic mass is 32.2. The number of hydrogen-bond acceptors (Lipinski definition) is 5. The van der Waals surface area contributed by atoms with Crippen LogP contribution in [0.15, 0.2) is 39.8 Å². The fraction of sp³-hybridized carbons (Fsp3) is 0.333. The van der Waals surface area contributed by atoms with Crippen molar-refractivity contribution in [3.05, 3.63) is 52.8 Å². The Morgan fingerprint density at radius 1 is 1.22 bits per heavy atom. The second kappa shape index (κ2) is 7.93. The maximum Gasteiger partial charge on any atom is 0.305 e.